The third-order valence-corrected chi connectivity index (χ3v) is 1.98. The van der Waals surface area contributed by atoms with E-state index >= 15 is 0 Å². The normalized spacial score (nSPS) is 9.42. The number of hydrogen-bond acceptors (Lipinski definition) is 3. The molecule has 0 atom stereocenters. The molecule has 1 aromatic rings. The SMILES string of the molecule is O=Cc1cc(Br)c(O)c(C=O)c1. The molecule has 0 unspecified atom stereocenters. The van der Waals surface area contributed by atoms with E-state index in [1.54, 1.807) is 0 Å². The molecule has 3 nitrogen and oxygen atoms in total. The molecule has 0 aliphatic heterocycles. The number of phenolic OH excluding ortho intramolecular Hbond substituents is 1. The first-order chi connectivity index (χ1) is 5.69. The number of benzene rings is 1. The zero-order chi connectivity index (χ0) is 9.14. The third-order valence-electron chi connectivity index (χ3n) is 1.38. The Kier molecular flexibility index (Phi) is 2.60. The fourth-order valence-electron chi connectivity index (χ4n) is 0.800. The molecule has 1 N–H and O–H groups in total. The molecule has 0 bridgehead atoms. The van der Waals surface area contributed by atoms with Gasteiger partial charge in [0.05, 0.1) is 10.0 Å². The lowest BCUT2D eigenvalue weighted by atomic mass is 10.1. The molecule has 12 heavy (non-hydrogen) atoms. The number of phenols is 1. The minimum Gasteiger partial charge on any atom is -0.506 e. The predicted molar refractivity (Wildman–Crippen MR) is 46.6 cm³/mol. The maximum absolute atomic E-state index is 10.4. The van der Waals surface area contributed by atoms with Crippen molar-refractivity contribution in [3.05, 3.63) is 27.7 Å². The largest absolute Gasteiger partial charge is 0.506 e. The highest BCUT2D eigenvalue weighted by molar-refractivity contribution is 9.10. The molecule has 0 amide bonds. The number of carbonyl (C=O) groups is 2. The Morgan fingerprint density at radius 3 is 2.42 bits per heavy atom. The summed E-state index contributed by atoms with van der Waals surface area (Å²) in [7, 11) is 0. The Labute approximate surface area is 77.1 Å². The van der Waals surface area contributed by atoms with Gasteiger partial charge >= 0.3 is 0 Å². The number of aromatic hydroxyl groups is 1. The van der Waals surface area contributed by atoms with Gasteiger partial charge in [0.1, 0.15) is 12.0 Å². The molecule has 0 aromatic heterocycles. The first kappa shape index (κ1) is 8.93. The molecule has 62 valence electrons. The highest BCUT2D eigenvalue weighted by Crippen LogP contribution is 2.27. The summed E-state index contributed by atoms with van der Waals surface area (Å²) in [6.07, 6.45) is 1.10. The van der Waals surface area contributed by atoms with Gasteiger partial charge in [0.25, 0.3) is 0 Å². The monoisotopic (exact) mass is 228 g/mol. The van der Waals surface area contributed by atoms with E-state index in [9.17, 15) is 14.7 Å². The topological polar surface area (TPSA) is 54.4 Å². The van der Waals surface area contributed by atoms with E-state index in [4.69, 9.17) is 0 Å². The van der Waals surface area contributed by atoms with Gasteiger partial charge in [-0.15, -0.1) is 0 Å². The molecule has 0 radical (unpaired) electrons. The van der Waals surface area contributed by atoms with Gasteiger partial charge in [0.2, 0.25) is 0 Å². The summed E-state index contributed by atoms with van der Waals surface area (Å²) < 4.78 is 0.342. The first-order valence-corrected chi connectivity index (χ1v) is 3.91. The predicted octanol–water partition coefficient (Wildman–Crippen LogP) is 1.78. The van der Waals surface area contributed by atoms with Crippen LogP contribution >= 0.6 is 15.9 Å². The molecular formula is C8H5BrO3. The van der Waals surface area contributed by atoms with Gasteiger partial charge in [-0.3, -0.25) is 9.59 Å². The van der Waals surface area contributed by atoms with E-state index in [2.05, 4.69) is 15.9 Å². The van der Waals surface area contributed by atoms with Gasteiger partial charge in [0, 0.05) is 5.56 Å². The molecule has 0 heterocycles. The fraction of sp³-hybridized carbons (Fsp3) is 0. The van der Waals surface area contributed by atoms with Crippen LogP contribution in [0.4, 0.5) is 0 Å². The van der Waals surface area contributed by atoms with Gasteiger partial charge in [-0.05, 0) is 28.1 Å². The molecule has 1 rings (SSSR count). The Morgan fingerprint density at radius 1 is 1.25 bits per heavy atom. The summed E-state index contributed by atoms with van der Waals surface area (Å²) in [5.74, 6) is -0.143. The van der Waals surface area contributed by atoms with E-state index in [1.165, 1.54) is 12.1 Å². The lowest BCUT2D eigenvalue weighted by Gasteiger charge is -2.00. The zero-order valence-corrected chi connectivity index (χ0v) is 7.54. The molecule has 0 saturated carbocycles. The minimum absolute atomic E-state index is 0.103. The Bertz CT molecular complexity index is 333. The van der Waals surface area contributed by atoms with Crippen LogP contribution in [0.1, 0.15) is 20.7 Å². The number of rotatable bonds is 2. The standard InChI is InChI=1S/C8H5BrO3/c9-7-2-5(3-10)1-6(4-11)8(7)12/h1-4,12H. The average molecular weight is 229 g/mol. The first-order valence-electron chi connectivity index (χ1n) is 3.12. The quantitative estimate of drug-likeness (QED) is 0.786. The molecule has 4 heteroatoms. The summed E-state index contributed by atoms with van der Waals surface area (Å²) >= 11 is 3.01. The van der Waals surface area contributed by atoms with Gasteiger partial charge in [-0.2, -0.15) is 0 Å². The smallest absolute Gasteiger partial charge is 0.153 e. The van der Waals surface area contributed by atoms with E-state index in [0.29, 0.717) is 22.6 Å². The Hall–Kier alpha value is -1.16. The van der Waals surface area contributed by atoms with Crippen molar-refractivity contribution in [3.63, 3.8) is 0 Å². The molecule has 0 aliphatic carbocycles. The highest BCUT2D eigenvalue weighted by Gasteiger charge is 2.06. The number of carbonyl (C=O) groups excluding carboxylic acids is 2. The average Bonchev–Trinajstić information content (AvgIpc) is 2.09. The minimum atomic E-state index is -0.143. The summed E-state index contributed by atoms with van der Waals surface area (Å²) in [5.41, 5.74) is 0.452. The van der Waals surface area contributed by atoms with Crippen LogP contribution in [-0.4, -0.2) is 17.7 Å². The van der Waals surface area contributed by atoms with Crippen molar-refractivity contribution >= 4 is 28.5 Å². The van der Waals surface area contributed by atoms with Crippen molar-refractivity contribution in [2.24, 2.45) is 0 Å². The number of hydrogen-bond donors (Lipinski definition) is 1. The van der Waals surface area contributed by atoms with Crippen molar-refractivity contribution < 1.29 is 14.7 Å². The molecular weight excluding hydrogens is 224 g/mol. The third kappa shape index (κ3) is 1.53. The fourth-order valence-corrected chi connectivity index (χ4v) is 1.29. The van der Waals surface area contributed by atoms with Gasteiger partial charge in [-0.1, -0.05) is 0 Å². The van der Waals surface area contributed by atoms with Crippen LogP contribution in [-0.2, 0) is 0 Å². The van der Waals surface area contributed by atoms with Crippen LogP contribution < -0.4 is 0 Å². The second-order valence-electron chi connectivity index (χ2n) is 2.18. The van der Waals surface area contributed by atoms with E-state index in [-0.39, 0.29) is 11.3 Å². The van der Waals surface area contributed by atoms with E-state index in [1.807, 2.05) is 0 Å². The Balaban J connectivity index is 3.37. The molecule has 0 saturated heterocycles. The van der Waals surface area contributed by atoms with Gasteiger partial charge in [0.15, 0.2) is 6.29 Å². The molecule has 0 spiro atoms. The molecule has 0 aliphatic rings. The number of aldehydes is 2. The Morgan fingerprint density at radius 2 is 1.92 bits per heavy atom. The van der Waals surface area contributed by atoms with Crippen molar-refractivity contribution in [1.82, 2.24) is 0 Å². The van der Waals surface area contributed by atoms with Crippen molar-refractivity contribution in [1.29, 1.82) is 0 Å². The van der Waals surface area contributed by atoms with Crippen LogP contribution in [0.5, 0.6) is 5.75 Å². The van der Waals surface area contributed by atoms with Gasteiger partial charge in [-0.25, -0.2) is 0 Å². The lowest BCUT2D eigenvalue weighted by molar-refractivity contribution is 0.112. The number of halogens is 1. The van der Waals surface area contributed by atoms with Crippen LogP contribution in [0.25, 0.3) is 0 Å². The van der Waals surface area contributed by atoms with Crippen molar-refractivity contribution in [3.8, 4) is 5.75 Å². The summed E-state index contributed by atoms with van der Waals surface area (Å²) in [6, 6.07) is 2.76. The summed E-state index contributed by atoms with van der Waals surface area (Å²) in [5, 5.41) is 9.22. The molecule has 0 fully saturated rings. The maximum atomic E-state index is 10.4. The maximum Gasteiger partial charge on any atom is 0.153 e. The second kappa shape index (κ2) is 3.49. The van der Waals surface area contributed by atoms with Crippen molar-refractivity contribution in [2.75, 3.05) is 0 Å². The van der Waals surface area contributed by atoms with Crippen LogP contribution in [0, 0.1) is 0 Å². The zero-order valence-electron chi connectivity index (χ0n) is 5.95. The van der Waals surface area contributed by atoms with Crippen LogP contribution in [0.15, 0.2) is 16.6 Å². The molecule has 1 aromatic carbocycles. The van der Waals surface area contributed by atoms with Crippen LogP contribution in [0.2, 0.25) is 0 Å². The summed E-state index contributed by atoms with van der Waals surface area (Å²) in [6.45, 7) is 0. The highest BCUT2D eigenvalue weighted by atomic mass is 79.9. The summed E-state index contributed by atoms with van der Waals surface area (Å²) in [4.78, 5) is 20.7. The van der Waals surface area contributed by atoms with Crippen LogP contribution in [0.3, 0.4) is 0 Å². The van der Waals surface area contributed by atoms with E-state index in [0.717, 1.165) is 0 Å². The van der Waals surface area contributed by atoms with Gasteiger partial charge < -0.3 is 5.11 Å². The second-order valence-corrected chi connectivity index (χ2v) is 3.03. The van der Waals surface area contributed by atoms with Crippen molar-refractivity contribution in [2.45, 2.75) is 0 Å². The van der Waals surface area contributed by atoms with E-state index < -0.39 is 0 Å². The lowest BCUT2D eigenvalue weighted by Crippen LogP contribution is -1.87.